The zero-order valence-electron chi connectivity index (χ0n) is 16.7. The molecular weight excluding hydrogens is 348 g/mol. The molecule has 2 atom stereocenters. The second kappa shape index (κ2) is 9.66. The molecule has 0 spiro atoms. The predicted molar refractivity (Wildman–Crippen MR) is 112 cm³/mol. The van der Waals surface area contributed by atoms with E-state index in [4.69, 9.17) is 4.74 Å². The molecule has 2 aromatic carbocycles. The first-order chi connectivity index (χ1) is 13.8. The zero-order valence-corrected chi connectivity index (χ0v) is 16.7. The highest BCUT2D eigenvalue weighted by atomic mass is 16.5. The molecule has 0 radical (unpaired) electrons. The normalized spacial score (nSPS) is 22.0. The van der Waals surface area contributed by atoms with Crippen molar-refractivity contribution in [3.63, 3.8) is 0 Å². The number of aryl methyl sites for hydroxylation is 1. The molecule has 4 heteroatoms. The molecule has 150 valence electrons. The van der Waals surface area contributed by atoms with Crippen LogP contribution in [0.15, 0.2) is 54.6 Å². The third-order valence-electron chi connectivity index (χ3n) is 5.99. The van der Waals surface area contributed by atoms with Crippen LogP contribution in [0.25, 0.3) is 0 Å². The second-order valence-electron chi connectivity index (χ2n) is 8.13. The van der Waals surface area contributed by atoms with E-state index in [2.05, 4.69) is 64.4 Å². The van der Waals surface area contributed by atoms with E-state index >= 15 is 0 Å². The number of hydrogen-bond acceptors (Lipinski definition) is 4. The molecule has 4 rings (SSSR count). The van der Waals surface area contributed by atoms with E-state index < -0.39 is 6.10 Å². The number of hydrogen-bond donors (Lipinski definition) is 1. The summed E-state index contributed by atoms with van der Waals surface area (Å²) < 4.78 is 6.13. The molecule has 0 unspecified atom stereocenters. The number of aliphatic hydroxyl groups is 1. The molecule has 28 heavy (non-hydrogen) atoms. The summed E-state index contributed by atoms with van der Waals surface area (Å²) in [5.41, 5.74) is 4.09. The molecule has 0 saturated carbocycles. The van der Waals surface area contributed by atoms with Crippen LogP contribution in [0.5, 0.6) is 0 Å². The van der Waals surface area contributed by atoms with Crippen molar-refractivity contribution in [2.45, 2.75) is 38.0 Å². The number of nitrogens with zero attached hydrogens (tertiary/aromatic N) is 2. The van der Waals surface area contributed by atoms with E-state index in [1.807, 2.05) is 0 Å². The second-order valence-corrected chi connectivity index (χ2v) is 8.13. The van der Waals surface area contributed by atoms with Crippen molar-refractivity contribution < 1.29 is 9.84 Å². The quantitative estimate of drug-likeness (QED) is 0.800. The summed E-state index contributed by atoms with van der Waals surface area (Å²) in [6, 6.07) is 19.2. The van der Waals surface area contributed by atoms with Gasteiger partial charge in [0.1, 0.15) is 0 Å². The monoisotopic (exact) mass is 380 g/mol. The maximum absolute atomic E-state index is 10.5. The highest BCUT2D eigenvalue weighted by Gasteiger charge is 2.23. The third-order valence-corrected chi connectivity index (χ3v) is 5.99. The van der Waals surface area contributed by atoms with Gasteiger partial charge in [0.2, 0.25) is 0 Å². The highest BCUT2D eigenvalue weighted by molar-refractivity contribution is 5.31. The zero-order chi connectivity index (χ0) is 19.2. The van der Waals surface area contributed by atoms with Gasteiger partial charge in [-0.1, -0.05) is 54.6 Å². The summed E-state index contributed by atoms with van der Waals surface area (Å²) in [5.74, 6) is 0. The van der Waals surface area contributed by atoms with E-state index in [0.29, 0.717) is 13.2 Å². The van der Waals surface area contributed by atoms with Crippen molar-refractivity contribution in [3.8, 4) is 0 Å². The van der Waals surface area contributed by atoms with Crippen LogP contribution in [0.3, 0.4) is 0 Å². The van der Waals surface area contributed by atoms with Crippen molar-refractivity contribution in [2.24, 2.45) is 0 Å². The fourth-order valence-corrected chi connectivity index (χ4v) is 4.43. The Morgan fingerprint density at radius 2 is 1.64 bits per heavy atom. The van der Waals surface area contributed by atoms with E-state index in [-0.39, 0.29) is 6.10 Å². The van der Waals surface area contributed by atoms with E-state index in [9.17, 15) is 5.11 Å². The number of benzene rings is 2. The first kappa shape index (κ1) is 19.6. The number of rotatable bonds is 7. The van der Waals surface area contributed by atoms with Crippen LogP contribution < -0.4 is 0 Å². The Bertz CT molecular complexity index is 728. The molecule has 1 saturated heterocycles. The lowest BCUT2D eigenvalue weighted by Crippen LogP contribution is -2.48. The Labute approximate surface area is 168 Å². The number of fused-ring (bicyclic) bond motifs is 1. The Morgan fingerprint density at radius 1 is 0.929 bits per heavy atom. The predicted octanol–water partition coefficient (Wildman–Crippen LogP) is 3.26. The van der Waals surface area contributed by atoms with Crippen molar-refractivity contribution in [1.82, 2.24) is 9.80 Å². The minimum Gasteiger partial charge on any atom is -0.389 e. The van der Waals surface area contributed by atoms with Crippen molar-refractivity contribution in [2.75, 3.05) is 39.3 Å². The average molecular weight is 381 g/mol. The fourth-order valence-electron chi connectivity index (χ4n) is 4.43. The van der Waals surface area contributed by atoms with Gasteiger partial charge >= 0.3 is 0 Å². The van der Waals surface area contributed by atoms with Crippen LogP contribution in [0, 0.1) is 0 Å². The van der Waals surface area contributed by atoms with Gasteiger partial charge in [-0.2, -0.15) is 0 Å². The molecular formula is C24H32N2O2. The van der Waals surface area contributed by atoms with Crippen LogP contribution in [-0.2, 0) is 17.7 Å². The molecule has 0 bridgehead atoms. The molecule has 1 N–H and O–H groups in total. The van der Waals surface area contributed by atoms with E-state index in [1.54, 1.807) is 0 Å². The number of β-amino-alcohol motifs (C(OH)–C–C–N with tert-alkyl or cyclic N) is 1. The first-order valence-corrected chi connectivity index (χ1v) is 10.6. The number of piperazine rings is 1. The van der Waals surface area contributed by atoms with Crippen LogP contribution >= 0.6 is 0 Å². The lowest BCUT2D eigenvalue weighted by molar-refractivity contribution is -0.0325. The van der Waals surface area contributed by atoms with Crippen LogP contribution in [0.1, 0.15) is 35.6 Å². The van der Waals surface area contributed by atoms with E-state index in [1.165, 1.54) is 23.1 Å². The molecule has 0 aromatic heterocycles. The number of aliphatic hydroxyl groups excluding tert-OH is 1. The topological polar surface area (TPSA) is 35.9 Å². The van der Waals surface area contributed by atoms with Gasteiger partial charge in [0.05, 0.1) is 18.8 Å². The third kappa shape index (κ3) is 5.21. The molecule has 2 aromatic rings. The molecule has 1 aliphatic carbocycles. The average Bonchev–Trinajstić information content (AvgIpc) is 2.74. The minimum absolute atomic E-state index is 0.141. The lowest BCUT2D eigenvalue weighted by Gasteiger charge is -2.36. The molecule has 4 nitrogen and oxygen atoms in total. The maximum Gasteiger partial charge on any atom is 0.0900 e. The van der Waals surface area contributed by atoms with Crippen LogP contribution in [-0.4, -0.2) is 60.3 Å². The van der Waals surface area contributed by atoms with E-state index in [0.717, 1.165) is 45.6 Å². The Balaban J connectivity index is 1.19. The van der Waals surface area contributed by atoms with Crippen molar-refractivity contribution in [3.05, 3.63) is 71.3 Å². The number of ether oxygens (including phenoxy) is 1. The maximum atomic E-state index is 10.5. The summed E-state index contributed by atoms with van der Waals surface area (Å²) in [7, 11) is 0. The van der Waals surface area contributed by atoms with Gasteiger partial charge in [0, 0.05) is 39.3 Å². The highest BCUT2D eigenvalue weighted by Crippen LogP contribution is 2.32. The molecule has 1 aliphatic heterocycles. The van der Waals surface area contributed by atoms with Gasteiger partial charge in [-0.25, -0.2) is 0 Å². The van der Waals surface area contributed by atoms with Gasteiger partial charge in [0.25, 0.3) is 0 Å². The largest absolute Gasteiger partial charge is 0.389 e. The summed E-state index contributed by atoms with van der Waals surface area (Å²) in [6.45, 7) is 6.27. The Hall–Kier alpha value is -1.72. The van der Waals surface area contributed by atoms with Crippen LogP contribution in [0.2, 0.25) is 0 Å². The standard InChI is InChI=1S/C24H32N2O2/c27-22(19-28-24-12-6-10-21-9-4-5-11-23(21)24)18-26-15-13-25(14-16-26)17-20-7-2-1-3-8-20/h1-5,7-9,11,22,24,27H,6,10,12-19H2/t22-,24+/m0/s1. The van der Waals surface area contributed by atoms with Gasteiger partial charge in [-0.05, 0) is 36.0 Å². The minimum atomic E-state index is -0.422. The van der Waals surface area contributed by atoms with Gasteiger partial charge in [-0.15, -0.1) is 0 Å². The van der Waals surface area contributed by atoms with Crippen molar-refractivity contribution >= 4 is 0 Å². The SMILES string of the molecule is O[C@H](CO[C@@H]1CCCc2ccccc21)CN1CCN(Cc2ccccc2)CC1. The summed E-state index contributed by atoms with van der Waals surface area (Å²) in [6.07, 6.45) is 3.09. The van der Waals surface area contributed by atoms with Gasteiger partial charge in [-0.3, -0.25) is 9.80 Å². The molecule has 1 fully saturated rings. The lowest BCUT2D eigenvalue weighted by atomic mass is 9.89. The first-order valence-electron chi connectivity index (χ1n) is 10.6. The molecule has 1 heterocycles. The summed E-state index contributed by atoms with van der Waals surface area (Å²) in [4.78, 5) is 4.86. The smallest absolute Gasteiger partial charge is 0.0900 e. The van der Waals surface area contributed by atoms with Crippen molar-refractivity contribution in [1.29, 1.82) is 0 Å². The summed E-state index contributed by atoms with van der Waals surface area (Å²) >= 11 is 0. The van der Waals surface area contributed by atoms with Gasteiger partial charge < -0.3 is 9.84 Å². The molecule has 2 aliphatic rings. The Kier molecular flexibility index (Phi) is 6.76. The Morgan fingerprint density at radius 3 is 2.46 bits per heavy atom. The van der Waals surface area contributed by atoms with Crippen LogP contribution in [0.4, 0.5) is 0 Å². The molecule has 0 amide bonds. The summed E-state index contributed by atoms with van der Waals surface area (Å²) in [5, 5.41) is 10.5. The fraction of sp³-hybridized carbons (Fsp3) is 0.500. The van der Waals surface area contributed by atoms with Gasteiger partial charge in [0.15, 0.2) is 0 Å².